The van der Waals surface area contributed by atoms with Gasteiger partial charge in [0, 0.05) is 43.6 Å². The van der Waals surface area contributed by atoms with Crippen LogP contribution in [0.3, 0.4) is 0 Å². The summed E-state index contributed by atoms with van der Waals surface area (Å²) in [4.78, 5) is 17.9. The van der Waals surface area contributed by atoms with Gasteiger partial charge < -0.3 is 9.90 Å². The molecule has 1 radical (unpaired) electrons. The summed E-state index contributed by atoms with van der Waals surface area (Å²) in [6.07, 6.45) is 3.09. The van der Waals surface area contributed by atoms with Gasteiger partial charge in [-0.25, -0.2) is 0 Å². The zero-order chi connectivity index (χ0) is 20.6. The van der Waals surface area contributed by atoms with Crippen molar-refractivity contribution in [2.75, 3.05) is 0 Å². The van der Waals surface area contributed by atoms with E-state index >= 15 is 0 Å². The first-order valence-electron chi connectivity index (χ1n) is 8.50. The first kappa shape index (κ1) is 23.0. The normalized spacial score (nSPS) is 9.67. The van der Waals surface area contributed by atoms with E-state index in [0.29, 0.717) is 5.56 Å². The number of aromatic carboxylic acids is 1. The number of rotatable bonds is 3. The van der Waals surface area contributed by atoms with E-state index in [2.05, 4.69) is 22.1 Å². The fourth-order valence-electron chi connectivity index (χ4n) is 2.54. The second kappa shape index (κ2) is 11.0. The molecule has 4 nitrogen and oxygen atoms in total. The number of nitrogens with zero attached hydrogens (tertiary/aromatic N) is 2. The zero-order valence-corrected chi connectivity index (χ0v) is 17.7. The molecule has 2 aromatic carbocycles. The molecule has 0 amide bonds. The average Bonchev–Trinajstić information content (AvgIpc) is 2.75. The summed E-state index contributed by atoms with van der Waals surface area (Å²) in [5.74, 6) is -2.31. The zero-order valence-electron chi connectivity index (χ0n) is 15.3. The van der Waals surface area contributed by atoms with Gasteiger partial charge in [-0.1, -0.05) is 42.0 Å². The Hall–Kier alpha value is -3.28. The van der Waals surface area contributed by atoms with Crippen LogP contribution < -0.4 is 0 Å². The molecule has 0 aliphatic heterocycles. The van der Waals surface area contributed by atoms with E-state index in [4.69, 9.17) is 5.11 Å². The van der Waals surface area contributed by atoms with Crippen molar-refractivity contribution in [3.05, 3.63) is 109 Å². The first-order chi connectivity index (χ1) is 14.1. The molecule has 0 fully saturated rings. The Morgan fingerprint density at radius 2 is 1.60 bits per heavy atom. The standard InChI is InChI=1S/C17H10F2N.C6H4NO2.Ir/c18-12-8-9-14(16(19)11-12)13-5-1-2-6-15(13)17-7-3-4-10-20-17;8-6(9)5-3-1-2-4-7-5;/h1-8,10-11H;1-2,4H,(H,8,9);/q2*-1;. The van der Waals surface area contributed by atoms with Crippen molar-refractivity contribution in [1.82, 2.24) is 9.97 Å². The third kappa shape index (κ3) is 5.86. The largest absolute Gasteiger partial charge is 0.533 e. The number of carboxylic acid groups (broad SMARTS) is 1. The van der Waals surface area contributed by atoms with E-state index in [1.54, 1.807) is 24.4 Å². The van der Waals surface area contributed by atoms with Gasteiger partial charge in [0.15, 0.2) is 0 Å². The molecule has 7 heteroatoms. The molecule has 0 aliphatic rings. The Labute approximate surface area is 185 Å². The van der Waals surface area contributed by atoms with E-state index in [-0.39, 0.29) is 31.4 Å². The summed E-state index contributed by atoms with van der Waals surface area (Å²) < 4.78 is 26.9. The predicted molar refractivity (Wildman–Crippen MR) is 104 cm³/mol. The van der Waals surface area contributed by atoms with Crippen molar-refractivity contribution in [1.29, 1.82) is 0 Å². The third-order valence-corrected chi connectivity index (χ3v) is 3.80. The number of benzene rings is 2. The summed E-state index contributed by atoms with van der Waals surface area (Å²) >= 11 is 0. The summed E-state index contributed by atoms with van der Waals surface area (Å²) in [6.45, 7) is 0. The van der Waals surface area contributed by atoms with Crippen molar-refractivity contribution >= 4 is 5.97 Å². The molecule has 4 aromatic rings. The number of hydrogen-bond acceptors (Lipinski definition) is 3. The second-order valence-corrected chi connectivity index (χ2v) is 5.74. The van der Waals surface area contributed by atoms with Crippen molar-refractivity contribution in [3.63, 3.8) is 0 Å². The molecule has 0 atom stereocenters. The smallest absolute Gasteiger partial charge is 0.247 e. The predicted octanol–water partition coefficient (Wildman–Crippen LogP) is 5.07. The van der Waals surface area contributed by atoms with E-state index in [9.17, 15) is 13.6 Å². The number of pyridine rings is 2. The van der Waals surface area contributed by atoms with Crippen LogP contribution in [0.5, 0.6) is 0 Å². The quantitative estimate of drug-likeness (QED) is 0.344. The summed E-state index contributed by atoms with van der Waals surface area (Å²) in [5, 5.41) is 8.29. The molecule has 2 aromatic heterocycles. The Morgan fingerprint density at radius 1 is 0.900 bits per heavy atom. The van der Waals surface area contributed by atoms with Gasteiger partial charge in [0.1, 0.15) is 0 Å². The molecule has 153 valence electrons. The molecule has 0 aliphatic carbocycles. The van der Waals surface area contributed by atoms with Gasteiger partial charge in [0.2, 0.25) is 5.97 Å². The maximum atomic E-state index is 13.9. The van der Waals surface area contributed by atoms with Gasteiger partial charge in [-0.3, -0.25) is 18.7 Å². The molecule has 4 rings (SSSR count). The number of halogens is 2. The molecule has 0 saturated heterocycles. The van der Waals surface area contributed by atoms with Crippen LogP contribution in [0, 0.1) is 23.8 Å². The second-order valence-electron chi connectivity index (χ2n) is 5.74. The molecular formula is C23H14F2IrN2O2-2. The molecule has 0 saturated carbocycles. The maximum absolute atomic E-state index is 13.9. The molecule has 0 spiro atoms. The molecule has 1 N–H and O–H groups in total. The summed E-state index contributed by atoms with van der Waals surface area (Å²) in [7, 11) is 0. The van der Waals surface area contributed by atoms with E-state index < -0.39 is 17.6 Å². The molecule has 30 heavy (non-hydrogen) atoms. The molecule has 0 unspecified atom stereocenters. The fraction of sp³-hybridized carbons (Fsp3) is 0. The van der Waals surface area contributed by atoms with Gasteiger partial charge in [0.05, 0.1) is 5.69 Å². The molecule has 2 heterocycles. The van der Waals surface area contributed by atoms with Crippen LogP contribution in [0.25, 0.3) is 22.4 Å². The maximum Gasteiger partial charge on any atom is 0.247 e. The summed E-state index contributed by atoms with van der Waals surface area (Å²) in [5.41, 5.74) is 2.36. The van der Waals surface area contributed by atoms with Gasteiger partial charge in [-0.15, -0.1) is 29.8 Å². The minimum absolute atomic E-state index is 0. The monoisotopic (exact) mass is 581 g/mol. The Morgan fingerprint density at radius 3 is 2.17 bits per heavy atom. The first-order valence-corrected chi connectivity index (χ1v) is 8.50. The Kier molecular flexibility index (Phi) is 8.47. The van der Waals surface area contributed by atoms with Crippen LogP contribution >= 0.6 is 0 Å². The minimum Gasteiger partial charge on any atom is -0.533 e. The van der Waals surface area contributed by atoms with E-state index in [1.165, 1.54) is 12.3 Å². The molecule has 0 bridgehead atoms. The number of carbonyl (C=O) groups is 1. The van der Waals surface area contributed by atoms with Gasteiger partial charge >= 0.3 is 0 Å². The van der Waals surface area contributed by atoms with Crippen LogP contribution in [0.4, 0.5) is 8.78 Å². The van der Waals surface area contributed by atoms with Crippen LogP contribution in [-0.4, -0.2) is 21.0 Å². The van der Waals surface area contributed by atoms with Gasteiger partial charge in [-0.05, 0) is 23.9 Å². The van der Waals surface area contributed by atoms with Crippen LogP contribution in [-0.2, 0) is 20.1 Å². The van der Waals surface area contributed by atoms with Crippen LogP contribution in [0.1, 0.15) is 10.5 Å². The number of aromatic nitrogens is 2. The van der Waals surface area contributed by atoms with Crippen molar-refractivity contribution in [3.8, 4) is 22.4 Å². The van der Waals surface area contributed by atoms with Crippen molar-refractivity contribution in [2.45, 2.75) is 0 Å². The number of hydrogen-bond donors (Lipinski definition) is 1. The average molecular weight is 581 g/mol. The van der Waals surface area contributed by atoms with Crippen molar-refractivity contribution < 1.29 is 38.8 Å². The van der Waals surface area contributed by atoms with E-state index in [0.717, 1.165) is 23.4 Å². The molecular weight excluding hydrogens is 566 g/mol. The van der Waals surface area contributed by atoms with Gasteiger partial charge in [-0.2, -0.15) is 6.07 Å². The Balaban J connectivity index is 0.000000272. The summed E-state index contributed by atoms with van der Waals surface area (Å²) in [6, 6.07) is 23.1. The third-order valence-electron chi connectivity index (χ3n) is 3.80. The topological polar surface area (TPSA) is 63.1 Å². The minimum atomic E-state index is -1.05. The van der Waals surface area contributed by atoms with Gasteiger partial charge in [0.25, 0.3) is 0 Å². The van der Waals surface area contributed by atoms with E-state index in [1.807, 2.05) is 30.3 Å². The van der Waals surface area contributed by atoms with Crippen LogP contribution in [0.15, 0.2) is 79.1 Å². The number of carboxylic acids is 1. The Bertz CT molecular complexity index is 1110. The van der Waals surface area contributed by atoms with Crippen molar-refractivity contribution in [2.24, 2.45) is 0 Å². The fourth-order valence-corrected chi connectivity index (χ4v) is 2.54. The van der Waals surface area contributed by atoms with Crippen LogP contribution in [0.2, 0.25) is 0 Å². The SMILES string of the molecule is Fc1c[c-]c(-c2ccccc2-c2ccccn2)c(F)c1.O=C(O)c1[c-]cccn1.[Ir].